The molecule has 1 heterocycles. The molecule has 1 aromatic carbocycles. The Bertz CT molecular complexity index is 1000. The van der Waals surface area contributed by atoms with Gasteiger partial charge >= 0.3 is 0 Å². The Morgan fingerprint density at radius 1 is 1.17 bits per heavy atom. The summed E-state index contributed by atoms with van der Waals surface area (Å²) in [6.07, 6.45) is 11.8. The lowest BCUT2D eigenvalue weighted by molar-refractivity contribution is 0.126. The van der Waals surface area contributed by atoms with Crippen LogP contribution in [0.15, 0.2) is 52.7 Å². The molecule has 29 heavy (non-hydrogen) atoms. The van der Waals surface area contributed by atoms with Gasteiger partial charge in [0.05, 0.1) is 24.0 Å². The van der Waals surface area contributed by atoms with Crippen molar-refractivity contribution < 1.29 is 9.47 Å². The van der Waals surface area contributed by atoms with Crippen LogP contribution in [0.5, 0.6) is 5.75 Å². The molecule has 2 aliphatic rings. The highest BCUT2D eigenvalue weighted by Gasteiger charge is 2.29. The Kier molecular flexibility index (Phi) is 5.97. The van der Waals surface area contributed by atoms with Crippen molar-refractivity contribution in [3.63, 3.8) is 0 Å². The maximum Gasteiger partial charge on any atom is 0.255 e. The monoisotopic (exact) mass is 414 g/mol. The van der Waals surface area contributed by atoms with E-state index in [2.05, 4.69) is 11.1 Å². The third kappa shape index (κ3) is 4.36. The van der Waals surface area contributed by atoms with E-state index < -0.39 is 0 Å². The summed E-state index contributed by atoms with van der Waals surface area (Å²) in [5, 5.41) is 1.88. The molecular weight excluding hydrogens is 388 g/mol. The number of nitrogens with two attached hydrogens (primary N) is 1. The zero-order chi connectivity index (χ0) is 20.4. The van der Waals surface area contributed by atoms with E-state index in [1.54, 1.807) is 19.4 Å². The van der Waals surface area contributed by atoms with Gasteiger partial charge in [0.25, 0.3) is 5.56 Å². The van der Waals surface area contributed by atoms with Crippen molar-refractivity contribution in [2.75, 3.05) is 7.11 Å². The quantitative estimate of drug-likeness (QED) is 0.743. The van der Waals surface area contributed by atoms with Crippen LogP contribution < -0.4 is 16.0 Å². The van der Waals surface area contributed by atoms with Gasteiger partial charge in [-0.2, -0.15) is 0 Å². The van der Waals surface area contributed by atoms with Gasteiger partial charge in [0.2, 0.25) is 0 Å². The Hall–Kier alpha value is -2.24. The molecule has 5 nitrogen and oxygen atoms in total. The summed E-state index contributed by atoms with van der Waals surface area (Å²) in [4.78, 5) is 14.6. The number of nitrogens with one attached hydrogen (secondary N) is 1. The molecule has 2 aromatic rings. The van der Waals surface area contributed by atoms with Crippen LogP contribution in [0.3, 0.4) is 0 Å². The summed E-state index contributed by atoms with van der Waals surface area (Å²) in [5.41, 5.74) is 7.75. The number of pyridine rings is 1. The van der Waals surface area contributed by atoms with Gasteiger partial charge in [0.1, 0.15) is 5.75 Å². The molecule has 6 heteroatoms. The van der Waals surface area contributed by atoms with Crippen molar-refractivity contribution in [3.8, 4) is 5.75 Å². The fraction of sp³-hybridized carbons (Fsp3) is 0.435. The number of hydrogen-bond acceptors (Lipinski definition) is 4. The van der Waals surface area contributed by atoms with Crippen LogP contribution in [0, 0.1) is 5.92 Å². The first-order valence-corrected chi connectivity index (χ1v) is 10.6. The molecule has 154 valence electrons. The lowest BCUT2D eigenvalue weighted by Crippen LogP contribution is -2.37. The highest BCUT2D eigenvalue weighted by atomic mass is 35.5. The second-order valence-corrected chi connectivity index (χ2v) is 8.34. The van der Waals surface area contributed by atoms with E-state index in [0.29, 0.717) is 22.1 Å². The zero-order valence-electron chi connectivity index (χ0n) is 16.6. The Morgan fingerprint density at radius 3 is 2.66 bits per heavy atom. The molecule has 1 atom stereocenters. The van der Waals surface area contributed by atoms with Gasteiger partial charge in [-0.05, 0) is 67.7 Å². The van der Waals surface area contributed by atoms with Gasteiger partial charge in [-0.25, -0.2) is 0 Å². The Labute approximate surface area is 175 Å². The SMILES string of the molecule is COC1=CC=C(C(N)C2CCC(Oc3cc4cc[nH]c(=O)c4cc3Cl)CC2)CC1. The van der Waals surface area contributed by atoms with E-state index in [1.165, 1.54) is 5.57 Å². The van der Waals surface area contributed by atoms with Gasteiger partial charge in [0, 0.05) is 24.0 Å². The fourth-order valence-corrected chi connectivity index (χ4v) is 4.62. The summed E-state index contributed by atoms with van der Waals surface area (Å²) < 4.78 is 11.5. The fourth-order valence-electron chi connectivity index (χ4n) is 4.41. The Morgan fingerprint density at radius 2 is 1.97 bits per heavy atom. The van der Waals surface area contributed by atoms with Gasteiger partial charge < -0.3 is 20.2 Å². The molecule has 0 radical (unpaired) electrons. The minimum Gasteiger partial charge on any atom is -0.501 e. The number of methoxy groups -OCH3 is 1. The molecule has 2 aliphatic carbocycles. The highest BCUT2D eigenvalue weighted by Crippen LogP contribution is 2.36. The van der Waals surface area contributed by atoms with E-state index in [4.69, 9.17) is 26.8 Å². The number of aromatic nitrogens is 1. The van der Waals surface area contributed by atoms with Crippen LogP contribution in [0.4, 0.5) is 0 Å². The van der Waals surface area contributed by atoms with Crippen LogP contribution in [0.25, 0.3) is 10.8 Å². The van der Waals surface area contributed by atoms with E-state index >= 15 is 0 Å². The second-order valence-electron chi connectivity index (χ2n) is 7.94. The number of ether oxygens (including phenoxy) is 2. The largest absolute Gasteiger partial charge is 0.501 e. The molecule has 1 saturated carbocycles. The number of H-pyrrole nitrogens is 1. The van der Waals surface area contributed by atoms with Gasteiger partial charge in [-0.15, -0.1) is 0 Å². The van der Waals surface area contributed by atoms with E-state index in [1.807, 2.05) is 18.2 Å². The van der Waals surface area contributed by atoms with Crippen LogP contribution in [0.2, 0.25) is 5.02 Å². The first kappa shape index (κ1) is 20.0. The lowest BCUT2D eigenvalue weighted by atomic mass is 9.78. The van der Waals surface area contributed by atoms with Crippen LogP contribution in [-0.4, -0.2) is 24.2 Å². The Balaban J connectivity index is 1.39. The third-order valence-corrected chi connectivity index (χ3v) is 6.48. The van der Waals surface area contributed by atoms with Crippen molar-refractivity contribution >= 4 is 22.4 Å². The zero-order valence-corrected chi connectivity index (χ0v) is 17.4. The number of fused-ring (bicyclic) bond motifs is 1. The maximum absolute atomic E-state index is 11.9. The molecular formula is C23H27ClN2O3. The molecule has 0 aliphatic heterocycles. The lowest BCUT2D eigenvalue weighted by Gasteiger charge is -2.34. The van der Waals surface area contributed by atoms with Crippen molar-refractivity contribution in [3.05, 3.63) is 63.3 Å². The average Bonchev–Trinajstić information content (AvgIpc) is 2.75. The number of rotatable bonds is 5. The first-order chi connectivity index (χ1) is 14.0. The average molecular weight is 415 g/mol. The predicted molar refractivity (Wildman–Crippen MR) is 116 cm³/mol. The first-order valence-electron chi connectivity index (χ1n) is 10.2. The van der Waals surface area contributed by atoms with Crippen LogP contribution in [0.1, 0.15) is 38.5 Å². The summed E-state index contributed by atoms with van der Waals surface area (Å²) in [6, 6.07) is 5.50. The molecule has 1 unspecified atom stereocenters. The van der Waals surface area contributed by atoms with Crippen LogP contribution in [-0.2, 0) is 4.74 Å². The molecule has 3 N–H and O–H groups in total. The molecule has 1 aromatic heterocycles. The highest BCUT2D eigenvalue weighted by molar-refractivity contribution is 6.32. The van der Waals surface area contributed by atoms with Crippen molar-refractivity contribution in [1.29, 1.82) is 0 Å². The summed E-state index contributed by atoms with van der Waals surface area (Å²) in [5.74, 6) is 2.14. The minimum atomic E-state index is -0.144. The topological polar surface area (TPSA) is 77.3 Å². The molecule has 0 bridgehead atoms. The summed E-state index contributed by atoms with van der Waals surface area (Å²) >= 11 is 6.38. The maximum atomic E-state index is 11.9. The minimum absolute atomic E-state index is 0.0987. The van der Waals surface area contributed by atoms with E-state index in [-0.39, 0.29) is 17.7 Å². The number of benzene rings is 1. The molecule has 0 saturated heterocycles. The van der Waals surface area contributed by atoms with Crippen LogP contribution >= 0.6 is 11.6 Å². The van der Waals surface area contributed by atoms with Crippen molar-refractivity contribution in [1.82, 2.24) is 4.98 Å². The van der Waals surface area contributed by atoms with Gasteiger partial charge in [0.15, 0.2) is 0 Å². The van der Waals surface area contributed by atoms with Crippen molar-refractivity contribution in [2.45, 2.75) is 50.7 Å². The van der Waals surface area contributed by atoms with Crippen molar-refractivity contribution in [2.24, 2.45) is 11.7 Å². The summed E-state index contributed by atoms with van der Waals surface area (Å²) in [6.45, 7) is 0. The standard InChI is InChI=1S/C23H27ClN2O3/c1-28-17-6-2-14(3-7-17)22(25)15-4-8-18(9-5-15)29-21-12-16-10-11-26-23(27)19(16)13-20(21)24/h2,6,10-13,15,18,22H,3-5,7-9,25H2,1H3,(H,26,27). The number of aromatic amines is 1. The van der Waals surface area contributed by atoms with E-state index in [0.717, 1.165) is 49.7 Å². The van der Waals surface area contributed by atoms with E-state index in [9.17, 15) is 4.79 Å². The molecule has 0 spiro atoms. The van der Waals surface area contributed by atoms with Gasteiger partial charge in [-0.1, -0.05) is 23.3 Å². The molecule has 0 amide bonds. The third-order valence-electron chi connectivity index (χ3n) is 6.18. The predicted octanol–water partition coefficient (Wildman–Crippen LogP) is 4.70. The molecule has 1 fully saturated rings. The second kappa shape index (κ2) is 8.64. The number of allylic oxidation sites excluding steroid dienone is 3. The smallest absolute Gasteiger partial charge is 0.255 e. The normalized spacial score (nSPS) is 23.3. The summed E-state index contributed by atoms with van der Waals surface area (Å²) in [7, 11) is 1.71. The number of hydrogen-bond donors (Lipinski definition) is 2. The molecule has 4 rings (SSSR count). The number of halogens is 1. The van der Waals surface area contributed by atoms with Gasteiger partial charge in [-0.3, -0.25) is 4.79 Å².